The second kappa shape index (κ2) is 18.6. The first kappa shape index (κ1) is 41.8. The molecule has 0 aliphatic carbocycles. The number of carbonyl (C=O) groups excluding carboxylic acids is 2. The largest absolute Gasteiger partial charge is 0.378 e. The molecular formula is C39H47N7O9PS+. The minimum atomic E-state index is -3.76. The van der Waals surface area contributed by atoms with E-state index in [0.29, 0.717) is 26.2 Å². The van der Waals surface area contributed by atoms with Gasteiger partial charge in [0.1, 0.15) is 25.9 Å². The predicted molar refractivity (Wildman–Crippen MR) is 218 cm³/mol. The summed E-state index contributed by atoms with van der Waals surface area (Å²) in [7, 11) is 1.59. The number of fused-ring (bicyclic) bond motifs is 2. The zero-order valence-corrected chi connectivity index (χ0v) is 33.8. The lowest BCUT2D eigenvalue weighted by atomic mass is 10.1. The minimum absolute atomic E-state index is 0.0460. The zero-order chi connectivity index (χ0) is 40.7. The maximum absolute atomic E-state index is 13.2. The Labute approximate surface area is 333 Å². The third-order valence-corrected chi connectivity index (χ3v) is 11.3. The summed E-state index contributed by atoms with van der Waals surface area (Å²) in [6.07, 6.45) is 6.06. The first-order chi connectivity index (χ1) is 27.3. The van der Waals surface area contributed by atoms with Crippen molar-refractivity contribution in [2.24, 2.45) is 7.05 Å². The fraction of sp³-hybridized carbons (Fsp3) is 0.359. The third kappa shape index (κ3) is 10.8. The molecule has 0 radical (unpaired) electrons. The van der Waals surface area contributed by atoms with Crippen molar-refractivity contribution in [1.29, 1.82) is 0 Å². The van der Waals surface area contributed by atoms with Crippen LogP contribution in [0.25, 0.3) is 23.1 Å². The number of nitrogens with one attached hydrogen (secondary N) is 3. The monoisotopic (exact) mass is 820 g/mol. The SMILES string of the molecule is COC1CC(n2cc(/C=C/C(=O)NCCN(C)CCNC(=O)CN3/C(=C/c4cc[n+](C)c5ccccc45)Sc4ccccc43)c(=O)[nH]c2=O)OC1COP(C)(=O)O. The molecule has 2 aromatic heterocycles. The lowest BCUT2D eigenvalue weighted by Crippen LogP contribution is -2.40. The van der Waals surface area contributed by atoms with E-state index in [1.54, 1.807) is 11.8 Å². The number of amides is 2. The van der Waals surface area contributed by atoms with Crippen LogP contribution in [0.15, 0.2) is 92.6 Å². The Kier molecular flexibility index (Phi) is 13.6. The van der Waals surface area contributed by atoms with E-state index in [-0.39, 0.29) is 31.0 Å². The van der Waals surface area contributed by atoms with Gasteiger partial charge in [0.2, 0.25) is 17.3 Å². The zero-order valence-electron chi connectivity index (χ0n) is 32.1. The molecule has 4 atom stereocenters. The number of nitrogens with zero attached hydrogens (tertiary/aromatic N) is 4. The van der Waals surface area contributed by atoms with Crippen LogP contribution in [0.5, 0.6) is 0 Å². The molecule has 6 rings (SSSR count). The lowest BCUT2D eigenvalue weighted by Gasteiger charge is -2.21. The highest BCUT2D eigenvalue weighted by atomic mass is 32.2. The Hall–Kier alpha value is -4.87. The summed E-state index contributed by atoms with van der Waals surface area (Å²) in [5, 5.41) is 7.89. The number of hydrogen-bond donors (Lipinski definition) is 4. The smallest absolute Gasteiger partial charge is 0.330 e. The number of likely N-dealkylation sites (N-methyl/N-ethyl adjacent to an activating group) is 1. The fourth-order valence-electron chi connectivity index (χ4n) is 6.58. The quantitative estimate of drug-likeness (QED) is 0.0736. The Morgan fingerprint density at radius 1 is 1.11 bits per heavy atom. The Balaban J connectivity index is 0.970. The molecule has 2 aliphatic heterocycles. The van der Waals surface area contributed by atoms with Gasteiger partial charge in [-0.25, -0.2) is 9.36 Å². The number of aromatic amines is 1. The van der Waals surface area contributed by atoms with Gasteiger partial charge in [0.05, 0.1) is 34.4 Å². The van der Waals surface area contributed by atoms with Gasteiger partial charge in [0.15, 0.2) is 6.20 Å². The fourth-order valence-corrected chi connectivity index (χ4v) is 8.11. The van der Waals surface area contributed by atoms with Crippen LogP contribution in [0.4, 0.5) is 5.69 Å². The number of anilines is 1. The molecule has 1 saturated heterocycles. The number of ether oxygens (including phenoxy) is 2. The molecular weight excluding hydrogens is 774 g/mol. The number of aryl methyl sites for hydroxylation is 1. The standard InChI is InChI=1S/C39H46N7O9PS/c1-43(19-16-40-34(47)14-13-27-23-46(39(50)42-38(27)49)36-22-31(53-3)32(55-36)25-54-56(4,51)52)20-17-41-35(48)24-45-30-11-7-8-12-33(30)57-37(45)21-26-15-18-44(2)29-10-6-5-9-28(26)29/h5-15,18,21,23,31-32,36H,16-17,19-20,22,24-25H2,1-4H3,(H3-,40,41,42,47,48,49,50,51,52)/p+1/b14-13+. The van der Waals surface area contributed by atoms with Crippen molar-refractivity contribution in [3.8, 4) is 0 Å². The van der Waals surface area contributed by atoms with Gasteiger partial charge < -0.3 is 39.3 Å². The molecule has 1 fully saturated rings. The molecule has 4 unspecified atom stereocenters. The number of methoxy groups -OCH3 is 1. The lowest BCUT2D eigenvalue weighted by molar-refractivity contribution is -0.644. The van der Waals surface area contributed by atoms with Crippen molar-refractivity contribution in [1.82, 2.24) is 25.1 Å². The summed E-state index contributed by atoms with van der Waals surface area (Å²) in [6, 6.07) is 18.4. The molecule has 0 bridgehead atoms. The number of benzene rings is 2. The van der Waals surface area contributed by atoms with Gasteiger partial charge in [-0.05, 0) is 43.0 Å². The van der Waals surface area contributed by atoms with Crippen LogP contribution in [-0.2, 0) is 35.2 Å². The van der Waals surface area contributed by atoms with Gasteiger partial charge in [-0.1, -0.05) is 36.0 Å². The van der Waals surface area contributed by atoms with Crippen LogP contribution in [0, 0.1) is 0 Å². The molecule has 302 valence electrons. The maximum Gasteiger partial charge on any atom is 0.330 e. The van der Waals surface area contributed by atoms with E-state index in [1.807, 2.05) is 60.4 Å². The normalized spacial score (nSPS) is 19.7. The molecule has 2 aromatic carbocycles. The molecule has 2 amide bonds. The number of H-pyrrole nitrogens is 1. The average Bonchev–Trinajstić information content (AvgIpc) is 3.75. The molecule has 4 aromatic rings. The number of thioether (sulfide) groups is 1. The number of hydrogen-bond acceptors (Lipinski definition) is 11. The third-order valence-electron chi connectivity index (χ3n) is 9.58. The summed E-state index contributed by atoms with van der Waals surface area (Å²) < 4.78 is 31.1. The highest BCUT2D eigenvalue weighted by Gasteiger charge is 2.38. The van der Waals surface area contributed by atoms with E-state index in [1.165, 1.54) is 30.0 Å². The van der Waals surface area contributed by atoms with Crippen LogP contribution in [0.2, 0.25) is 0 Å². The molecule has 57 heavy (non-hydrogen) atoms. The molecule has 2 aliphatic rings. The summed E-state index contributed by atoms with van der Waals surface area (Å²) >= 11 is 1.64. The number of rotatable bonds is 16. The van der Waals surface area contributed by atoms with Crippen LogP contribution < -0.4 is 31.3 Å². The minimum Gasteiger partial charge on any atom is -0.378 e. The van der Waals surface area contributed by atoms with Gasteiger partial charge in [0.25, 0.3) is 5.56 Å². The van der Waals surface area contributed by atoms with Crippen LogP contribution >= 0.6 is 19.4 Å². The maximum atomic E-state index is 13.2. The van der Waals surface area contributed by atoms with Crippen molar-refractivity contribution in [3.63, 3.8) is 0 Å². The molecule has 0 saturated carbocycles. The van der Waals surface area contributed by atoms with Crippen molar-refractivity contribution in [2.45, 2.75) is 29.8 Å². The van der Waals surface area contributed by atoms with Gasteiger partial charge in [0, 0.05) is 75.7 Å². The molecule has 18 heteroatoms. The van der Waals surface area contributed by atoms with Crippen LogP contribution in [0.1, 0.15) is 23.8 Å². The summed E-state index contributed by atoms with van der Waals surface area (Å²) in [5.41, 5.74) is 1.81. The Morgan fingerprint density at radius 3 is 2.61 bits per heavy atom. The summed E-state index contributed by atoms with van der Waals surface area (Å²) in [5.74, 6) is -0.558. The van der Waals surface area contributed by atoms with Gasteiger partial charge in [-0.2, -0.15) is 0 Å². The van der Waals surface area contributed by atoms with Crippen molar-refractivity contribution in [3.05, 3.63) is 110 Å². The topological polar surface area (TPSA) is 188 Å². The molecule has 16 nitrogen and oxygen atoms in total. The van der Waals surface area contributed by atoms with Gasteiger partial charge in [-0.3, -0.25) is 28.5 Å². The van der Waals surface area contributed by atoms with E-state index >= 15 is 0 Å². The van der Waals surface area contributed by atoms with Crippen molar-refractivity contribution >= 4 is 59.9 Å². The number of carbonyl (C=O) groups is 2. The highest BCUT2D eigenvalue weighted by molar-refractivity contribution is 8.03. The first-order valence-corrected chi connectivity index (χ1v) is 21.2. The number of para-hydroxylation sites is 2. The van der Waals surface area contributed by atoms with Crippen molar-refractivity contribution < 1.29 is 37.6 Å². The van der Waals surface area contributed by atoms with Crippen LogP contribution in [0.3, 0.4) is 0 Å². The van der Waals surface area contributed by atoms with E-state index in [0.717, 1.165) is 38.7 Å². The van der Waals surface area contributed by atoms with Gasteiger partial charge >= 0.3 is 13.3 Å². The van der Waals surface area contributed by atoms with Gasteiger partial charge in [-0.15, -0.1) is 0 Å². The van der Waals surface area contributed by atoms with E-state index < -0.39 is 43.2 Å². The van der Waals surface area contributed by atoms with Crippen molar-refractivity contribution in [2.75, 3.05) is 65.1 Å². The number of aromatic nitrogens is 3. The van der Waals surface area contributed by atoms with Crippen LogP contribution in [-0.4, -0.2) is 104 Å². The Morgan fingerprint density at radius 2 is 1.84 bits per heavy atom. The summed E-state index contributed by atoms with van der Waals surface area (Å²) in [4.78, 5) is 67.8. The molecule has 4 heterocycles. The Bertz CT molecular complexity index is 2340. The molecule has 4 N–H and O–H groups in total. The predicted octanol–water partition coefficient (Wildman–Crippen LogP) is 2.44. The van der Waals surface area contributed by atoms with E-state index in [9.17, 15) is 28.6 Å². The van der Waals surface area contributed by atoms with E-state index in [2.05, 4.69) is 50.5 Å². The number of pyridine rings is 1. The molecule has 0 spiro atoms. The average molecular weight is 821 g/mol. The second-order valence-corrected chi connectivity index (χ2v) is 16.7. The second-order valence-electron chi connectivity index (χ2n) is 13.8. The summed E-state index contributed by atoms with van der Waals surface area (Å²) in [6.45, 7) is 2.75. The first-order valence-electron chi connectivity index (χ1n) is 18.3. The van der Waals surface area contributed by atoms with E-state index in [4.69, 9.17) is 14.0 Å². The highest BCUT2D eigenvalue weighted by Crippen LogP contribution is 2.46.